The second-order valence-electron chi connectivity index (χ2n) is 5.01. The number of hydrogen-bond acceptors (Lipinski definition) is 8. The number of aliphatic hydroxyl groups excluding tert-OH is 3. The first kappa shape index (κ1) is 18.0. The van der Waals surface area contributed by atoms with Gasteiger partial charge >= 0.3 is 5.97 Å². The van der Waals surface area contributed by atoms with Crippen LogP contribution in [-0.4, -0.2) is 75.0 Å². The van der Waals surface area contributed by atoms with Crippen molar-refractivity contribution >= 4 is 11.8 Å². The molecule has 0 aromatic carbocycles. The van der Waals surface area contributed by atoms with E-state index in [1.165, 1.54) is 6.92 Å². The van der Waals surface area contributed by atoms with Crippen molar-refractivity contribution in [1.82, 2.24) is 0 Å². The van der Waals surface area contributed by atoms with E-state index in [1.807, 2.05) is 0 Å². The Hall–Kier alpha value is -1.10. The maximum atomic E-state index is 11.8. The minimum atomic E-state index is -2.21. The number of carbonyl (C=O) groups is 2. The molecule has 1 aliphatic rings. The molecule has 0 spiro atoms. The fraction of sp³-hybridized carbons (Fsp3) is 0.833. The molecule has 0 aromatic rings. The number of aliphatic hydroxyl groups is 3. The van der Waals surface area contributed by atoms with Gasteiger partial charge in [0.1, 0.15) is 18.3 Å². The fourth-order valence-corrected chi connectivity index (χ4v) is 2.10. The van der Waals surface area contributed by atoms with Crippen LogP contribution in [-0.2, 0) is 19.1 Å². The van der Waals surface area contributed by atoms with Crippen molar-refractivity contribution in [3.8, 4) is 0 Å². The van der Waals surface area contributed by atoms with Crippen molar-refractivity contribution in [2.75, 3.05) is 6.61 Å². The van der Waals surface area contributed by atoms with Gasteiger partial charge in [0, 0.05) is 6.42 Å². The van der Waals surface area contributed by atoms with Gasteiger partial charge in [-0.2, -0.15) is 0 Å². The topological polar surface area (TPSA) is 160 Å². The van der Waals surface area contributed by atoms with Crippen LogP contribution in [0.2, 0.25) is 0 Å². The van der Waals surface area contributed by atoms with Gasteiger partial charge in [-0.25, -0.2) is 4.79 Å². The molecule has 6 N–H and O–H groups in total. The largest absolute Gasteiger partial charge is 0.479 e. The number of carboxylic acid groups (broad SMARTS) is 1. The molecule has 1 aliphatic heterocycles. The van der Waals surface area contributed by atoms with Crippen LogP contribution in [0.4, 0.5) is 0 Å². The standard InChI is InChI=1S/C12H21NO8/c1-3-6(15)12(2,11(18)19)21-9-7(13)10(17)20-5(4-14)8(9)16/h5,7-10,14,16-17H,3-4,13H2,1-2H3,(H,18,19)/t5-,7-,8-,9-,10+,12?/m1/s1. The first-order valence-corrected chi connectivity index (χ1v) is 6.51. The van der Waals surface area contributed by atoms with Crippen LogP contribution in [0.1, 0.15) is 20.3 Å². The molecule has 0 aliphatic carbocycles. The average molecular weight is 307 g/mol. The number of nitrogens with two attached hydrogens (primary N) is 1. The first-order chi connectivity index (χ1) is 9.68. The van der Waals surface area contributed by atoms with Crippen LogP contribution in [0.3, 0.4) is 0 Å². The Labute approximate surface area is 121 Å². The van der Waals surface area contributed by atoms with Gasteiger partial charge in [-0.05, 0) is 6.92 Å². The monoisotopic (exact) mass is 307 g/mol. The highest BCUT2D eigenvalue weighted by molar-refractivity contribution is 6.06. The van der Waals surface area contributed by atoms with Crippen molar-refractivity contribution in [3.05, 3.63) is 0 Å². The van der Waals surface area contributed by atoms with Crippen molar-refractivity contribution in [2.24, 2.45) is 5.73 Å². The van der Waals surface area contributed by atoms with E-state index in [2.05, 4.69) is 0 Å². The van der Waals surface area contributed by atoms with Gasteiger partial charge in [-0.15, -0.1) is 0 Å². The third-order valence-electron chi connectivity index (χ3n) is 3.55. The Morgan fingerprint density at radius 2 is 1.95 bits per heavy atom. The normalized spacial score (nSPS) is 36.0. The van der Waals surface area contributed by atoms with Gasteiger partial charge in [0.05, 0.1) is 12.6 Å². The molecule has 0 saturated carbocycles. The Kier molecular flexibility index (Phi) is 5.79. The fourth-order valence-electron chi connectivity index (χ4n) is 2.10. The zero-order chi connectivity index (χ0) is 16.4. The summed E-state index contributed by atoms with van der Waals surface area (Å²) < 4.78 is 10.1. The molecular formula is C12H21NO8. The van der Waals surface area contributed by atoms with Gasteiger partial charge in [-0.3, -0.25) is 4.79 Å². The molecule has 0 radical (unpaired) electrons. The molecule has 1 heterocycles. The summed E-state index contributed by atoms with van der Waals surface area (Å²) in [5.41, 5.74) is 3.42. The lowest BCUT2D eigenvalue weighted by Gasteiger charge is -2.43. The molecule has 122 valence electrons. The van der Waals surface area contributed by atoms with E-state index in [0.717, 1.165) is 6.92 Å². The van der Waals surface area contributed by atoms with Crippen LogP contribution >= 0.6 is 0 Å². The maximum absolute atomic E-state index is 11.8. The summed E-state index contributed by atoms with van der Waals surface area (Å²) in [4.78, 5) is 23.2. The Bertz CT molecular complexity index is 403. The van der Waals surface area contributed by atoms with Crippen LogP contribution in [0.25, 0.3) is 0 Å². The van der Waals surface area contributed by atoms with E-state index in [1.54, 1.807) is 0 Å². The van der Waals surface area contributed by atoms with E-state index in [0.29, 0.717) is 0 Å². The molecule has 1 rings (SSSR count). The van der Waals surface area contributed by atoms with E-state index < -0.39 is 54.6 Å². The van der Waals surface area contributed by atoms with Gasteiger partial charge in [0.2, 0.25) is 5.60 Å². The summed E-state index contributed by atoms with van der Waals surface area (Å²) in [6.45, 7) is 1.89. The lowest BCUT2D eigenvalue weighted by Crippen LogP contribution is -2.65. The second-order valence-corrected chi connectivity index (χ2v) is 5.01. The summed E-state index contributed by atoms with van der Waals surface area (Å²) in [5, 5.41) is 37.9. The van der Waals surface area contributed by atoms with Crippen LogP contribution < -0.4 is 5.73 Å². The first-order valence-electron chi connectivity index (χ1n) is 6.51. The molecule has 0 aromatic heterocycles. The molecule has 21 heavy (non-hydrogen) atoms. The van der Waals surface area contributed by atoms with Crippen LogP contribution in [0.5, 0.6) is 0 Å². The Balaban J connectivity index is 3.05. The third kappa shape index (κ3) is 3.39. The molecule has 1 fully saturated rings. The molecule has 6 atom stereocenters. The summed E-state index contributed by atoms with van der Waals surface area (Å²) in [6, 6.07) is -1.27. The molecule has 1 unspecified atom stereocenters. The number of Topliss-reactive ketones (excluding diaryl/α,β-unsaturated/α-hetero) is 1. The molecule has 1 saturated heterocycles. The van der Waals surface area contributed by atoms with Gasteiger partial charge in [-0.1, -0.05) is 6.92 Å². The minimum Gasteiger partial charge on any atom is -0.479 e. The van der Waals surface area contributed by atoms with E-state index >= 15 is 0 Å². The van der Waals surface area contributed by atoms with Crippen molar-refractivity contribution in [3.63, 3.8) is 0 Å². The van der Waals surface area contributed by atoms with Crippen LogP contribution in [0, 0.1) is 0 Å². The number of rotatable bonds is 6. The SMILES string of the molecule is CCC(=O)C(C)(O[C@@H]1[C@@H](N)[C@@H](O)O[C@H](CO)[C@H]1O)C(=O)O. The van der Waals surface area contributed by atoms with Gasteiger partial charge < -0.3 is 35.6 Å². The van der Waals surface area contributed by atoms with Crippen molar-refractivity contribution in [1.29, 1.82) is 0 Å². The van der Waals surface area contributed by atoms with E-state index in [4.69, 9.17) is 20.3 Å². The zero-order valence-electron chi connectivity index (χ0n) is 11.8. The summed E-state index contributed by atoms with van der Waals surface area (Å²) in [6.07, 6.45) is -5.73. The third-order valence-corrected chi connectivity index (χ3v) is 3.55. The number of hydrogen-bond donors (Lipinski definition) is 5. The summed E-state index contributed by atoms with van der Waals surface area (Å²) in [7, 11) is 0. The number of aliphatic carboxylic acids is 1. The smallest absolute Gasteiger partial charge is 0.343 e. The van der Waals surface area contributed by atoms with E-state index in [9.17, 15) is 24.9 Å². The molecule has 0 amide bonds. The number of ether oxygens (including phenoxy) is 2. The highest BCUT2D eigenvalue weighted by atomic mass is 16.6. The average Bonchev–Trinajstić information content (AvgIpc) is 2.45. The van der Waals surface area contributed by atoms with E-state index in [-0.39, 0.29) is 6.42 Å². The summed E-state index contributed by atoms with van der Waals surface area (Å²) in [5.74, 6) is -2.24. The van der Waals surface area contributed by atoms with Crippen molar-refractivity contribution < 1.29 is 39.5 Å². The van der Waals surface area contributed by atoms with Crippen LogP contribution in [0.15, 0.2) is 0 Å². The lowest BCUT2D eigenvalue weighted by atomic mass is 9.93. The number of carboxylic acids is 1. The predicted octanol–water partition coefficient (Wildman–Crippen LogP) is -2.41. The second kappa shape index (κ2) is 6.77. The predicted molar refractivity (Wildman–Crippen MR) is 68.2 cm³/mol. The highest BCUT2D eigenvalue weighted by Crippen LogP contribution is 2.26. The number of carbonyl (C=O) groups excluding carboxylic acids is 1. The number of ketones is 1. The molecular weight excluding hydrogens is 286 g/mol. The molecule has 9 heteroatoms. The van der Waals surface area contributed by atoms with Gasteiger partial charge in [0.25, 0.3) is 0 Å². The Morgan fingerprint density at radius 3 is 2.38 bits per heavy atom. The minimum absolute atomic E-state index is 0.0939. The van der Waals surface area contributed by atoms with Gasteiger partial charge in [0.15, 0.2) is 12.1 Å². The Morgan fingerprint density at radius 1 is 1.38 bits per heavy atom. The quantitative estimate of drug-likeness (QED) is 0.337. The zero-order valence-corrected chi connectivity index (χ0v) is 11.8. The lowest BCUT2D eigenvalue weighted by molar-refractivity contribution is -0.270. The maximum Gasteiger partial charge on any atom is 0.343 e. The molecule has 0 bridgehead atoms. The summed E-state index contributed by atoms with van der Waals surface area (Å²) >= 11 is 0. The highest BCUT2D eigenvalue weighted by Gasteiger charge is 2.50. The molecule has 9 nitrogen and oxygen atoms in total. The van der Waals surface area contributed by atoms with Crippen molar-refractivity contribution in [2.45, 2.75) is 56.5 Å².